The number of hydrogen-bond donors (Lipinski definition) is 1. The molecule has 2 aliphatic rings. The van der Waals surface area contributed by atoms with Gasteiger partial charge in [-0.2, -0.15) is 0 Å². The zero-order valence-electron chi connectivity index (χ0n) is 10.6. The van der Waals surface area contributed by atoms with E-state index in [1.807, 2.05) is 0 Å². The fourth-order valence-electron chi connectivity index (χ4n) is 3.07. The van der Waals surface area contributed by atoms with E-state index in [1.54, 1.807) is 0 Å². The van der Waals surface area contributed by atoms with E-state index in [0.29, 0.717) is 11.8 Å². The van der Waals surface area contributed by atoms with Crippen molar-refractivity contribution in [1.29, 1.82) is 0 Å². The molecule has 2 fully saturated rings. The number of amides is 1. The van der Waals surface area contributed by atoms with Crippen molar-refractivity contribution in [3.05, 3.63) is 0 Å². The number of rotatable bonds is 4. The van der Waals surface area contributed by atoms with Crippen molar-refractivity contribution in [3.63, 3.8) is 0 Å². The highest BCUT2D eigenvalue weighted by atomic mass is 35.5. The summed E-state index contributed by atoms with van der Waals surface area (Å²) < 4.78 is 0. The van der Waals surface area contributed by atoms with E-state index >= 15 is 0 Å². The largest absolute Gasteiger partial charge is 0.349 e. The Balaban J connectivity index is 1.76. The SMILES string of the molecule is O=C(CC1CCCCCC1)NC1(CCl)CCC1. The molecule has 0 aromatic heterocycles. The van der Waals surface area contributed by atoms with Gasteiger partial charge in [-0.05, 0) is 38.0 Å². The van der Waals surface area contributed by atoms with Gasteiger partial charge in [0.2, 0.25) is 5.91 Å². The first kappa shape index (κ1) is 13.2. The van der Waals surface area contributed by atoms with Crippen LogP contribution >= 0.6 is 11.6 Å². The molecule has 0 atom stereocenters. The van der Waals surface area contributed by atoms with Crippen molar-refractivity contribution < 1.29 is 4.79 Å². The van der Waals surface area contributed by atoms with Crippen LogP contribution in [-0.4, -0.2) is 17.3 Å². The molecule has 17 heavy (non-hydrogen) atoms. The molecule has 2 nitrogen and oxygen atoms in total. The highest BCUT2D eigenvalue weighted by Gasteiger charge is 2.37. The molecule has 0 bridgehead atoms. The minimum Gasteiger partial charge on any atom is -0.349 e. The van der Waals surface area contributed by atoms with Crippen molar-refractivity contribution in [2.24, 2.45) is 5.92 Å². The van der Waals surface area contributed by atoms with Crippen LogP contribution < -0.4 is 5.32 Å². The number of nitrogens with one attached hydrogen (secondary N) is 1. The summed E-state index contributed by atoms with van der Waals surface area (Å²) in [7, 11) is 0. The summed E-state index contributed by atoms with van der Waals surface area (Å²) in [5.41, 5.74) is -0.0522. The molecule has 2 aliphatic carbocycles. The summed E-state index contributed by atoms with van der Waals surface area (Å²) in [6.07, 6.45) is 11.8. The summed E-state index contributed by atoms with van der Waals surface area (Å²) in [6, 6.07) is 0. The van der Waals surface area contributed by atoms with Gasteiger partial charge < -0.3 is 5.32 Å². The van der Waals surface area contributed by atoms with Gasteiger partial charge in [-0.15, -0.1) is 11.6 Å². The first-order valence-corrected chi connectivity index (χ1v) is 7.64. The maximum Gasteiger partial charge on any atom is 0.220 e. The van der Waals surface area contributed by atoms with E-state index < -0.39 is 0 Å². The second kappa shape index (κ2) is 6.08. The van der Waals surface area contributed by atoms with Crippen LogP contribution in [0, 0.1) is 5.92 Å². The van der Waals surface area contributed by atoms with E-state index in [1.165, 1.54) is 44.9 Å². The van der Waals surface area contributed by atoms with Crippen molar-refractivity contribution >= 4 is 17.5 Å². The molecule has 1 N–H and O–H groups in total. The molecule has 0 heterocycles. The summed E-state index contributed by atoms with van der Waals surface area (Å²) in [5, 5.41) is 3.18. The van der Waals surface area contributed by atoms with Crippen LogP contribution in [0.3, 0.4) is 0 Å². The zero-order chi connectivity index (χ0) is 12.1. The summed E-state index contributed by atoms with van der Waals surface area (Å²) in [4.78, 5) is 12.0. The Morgan fingerprint density at radius 2 is 1.76 bits per heavy atom. The Morgan fingerprint density at radius 1 is 1.12 bits per heavy atom. The minimum absolute atomic E-state index is 0.0522. The number of hydrogen-bond acceptors (Lipinski definition) is 1. The van der Waals surface area contributed by atoms with Gasteiger partial charge in [-0.1, -0.05) is 25.7 Å². The first-order valence-electron chi connectivity index (χ1n) is 7.11. The summed E-state index contributed by atoms with van der Waals surface area (Å²) >= 11 is 5.96. The molecule has 0 aliphatic heterocycles. The molecule has 0 unspecified atom stereocenters. The summed E-state index contributed by atoms with van der Waals surface area (Å²) in [5.74, 6) is 1.42. The highest BCUT2D eigenvalue weighted by Crippen LogP contribution is 2.33. The highest BCUT2D eigenvalue weighted by molar-refractivity contribution is 6.18. The van der Waals surface area contributed by atoms with Crippen LogP contribution in [0.15, 0.2) is 0 Å². The third kappa shape index (κ3) is 3.61. The molecule has 2 rings (SSSR count). The molecular formula is C14H24ClNO. The third-order valence-electron chi connectivity index (χ3n) is 4.42. The maximum atomic E-state index is 12.0. The Hall–Kier alpha value is -0.240. The Labute approximate surface area is 109 Å². The van der Waals surface area contributed by atoms with Crippen LogP contribution in [0.4, 0.5) is 0 Å². The van der Waals surface area contributed by atoms with Gasteiger partial charge in [0.15, 0.2) is 0 Å². The van der Waals surface area contributed by atoms with Crippen molar-refractivity contribution in [3.8, 4) is 0 Å². The predicted molar refractivity (Wildman–Crippen MR) is 71.3 cm³/mol. The van der Waals surface area contributed by atoms with Gasteiger partial charge in [-0.25, -0.2) is 0 Å². The van der Waals surface area contributed by atoms with Crippen LogP contribution in [0.25, 0.3) is 0 Å². The lowest BCUT2D eigenvalue weighted by molar-refractivity contribution is -0.124. The Morgan fingerprint density at radius 3 is 2.24 bits per heavy atom. The van der Waals surface area contributed by atoms with E-state index in [-0.39, 0.29) is 11.4 Å². The molecule has 0 radical (unpaired) electrons. The number of halogens is 1. The quantitative estimate of drug-likeness (QED) is 0.605. The standard InChI is InChI=1S/C14H24ClNO/c15-11-14(8-5-9-14)16-13(17)10-12-6-3-1-2-4-7-12/h12H,1-11H2,(H,16,17). The molecule has 0 aromatic carbocycles. The molecular weight excluding hydrogens is 234 g/mol. The average molecular weight is 258 g/mol. The monoisotopic (exact) mass is 257 g/mol. The van der Waals surface area contributed by atoms with E-state index in [2.05, 4.69) is 5.32 Å². The van der Waals surface area contributed by atoms with Gasteiger partial charge in [0.05, 0.1) is 5.54 Å². The third-order valence-corrected chi connectivity index (χ3v) is 4.93. The average Bonchev–Trinajstić information content (AvgIpc) is 2.52. The lowest BCUT2D eigenvalue weighted by atomic mass is 9.78. The van der Waals surface area contributed by atoms with Gasteiger partial charge in [0.25, 0.3) is 0 Å². The zero-order valence-corrected chi connectivity index (χ0v) is 11.4. The Kier molecular flexibility index (Phi) is 4.72. The van der Waals surface area contributed by atoms with Crippen LogP contribution in [0.2, 0.25) is 0 Å². The normalized spacial score (nSPS) is 24.8. The topological polar surface area (TPSA) is 29.1 Å². The molecule has 0 saturated heterocycles. The molecule has 1 amide bonds. The van der Waals surface area contributed by atoms with Crippen molar-refractivity contribution in [2.45, 2.75) is 69.7 Å². The smallest absolute Gasteiger partial charge is 0.220 e. The van der Waals surface area contributed by atoms with Crippen molar-refractivity contribution in [2.75, 3.05) is 5.88 Å². The molecule has 0 spiro atoms. The molecule has 3 heteroatoms. The van der Waals surface area contributed by atoms with Crippen LogP contribution in [0.1, 0.15) is 64.2 Å². The second-order valence-corrected chi connectivity index (χ2v) is 6.14. The fraction of sp³-hybridized carbons (Fsp3) is 0.929. The van der Waals surface area contributed by atoms with Gasteiger partial charge in [-0.3, -0.25) is 4.79 Å². The molecule has 2 saturated carbocycles. The van der Waals surface area contributed by atoms with Crippen molar-refractivity contribution in [1.82, 2.24) is 5.32 Å². The van der Waals surface area contributed by atoms with Crippen LogP contribution in [0.5, 0.6) is 0 Å². The summed E-state index contributed by atoms with van der Waals surface area (Å²) in [6.45, 7) is 0. The van der Waals surface area contributed by atoms with Crippen LogP contribution in [-0.2, 0) is 4.79 Å². The number of alkyl halides is 1. The first-order chi connectivity index (χ1) is 8.24. The number of carbonyl (C=O) groups excluding carboxylic acids is 1. The van der Waals surface area contributed by atoms with Gasteiger partial charge in [0, 0.05) is 12.3 Å². The van der Waals surface area contributed by atoms with E-state index in [0.717, 1.165) is 19.3 Å². The Bertz CT molecular complexity index is 249. The maximum absolute atomic E-state index is 12.0. The minimum atomic E-state index is -0.0522. The van der Waals surface area contributed by atoms with Gasteiger partial charge >= 0.3 is 0 Å². The predicted octanol–water partition coefficient (Wildman–Crippen LogP) is 3.62. The molecule has 98 valence electrons. The van der Waals surface area contributed by atoms with Gasteiger partial charge in [0.1, 0.15) is 0 Å². The van der Waals surface area contributed by atoms with E-state index in [9.17, 15) is 4.79 Å². The fourth-order valence-corrected chi connectivity index (χ4v) is 3.41. The lowest BCUT2D eigenvalue weighted by Crippen LogP contribution is -2.55. The second-order valence-electron chi connectivity index (χ2n) is 5.88. The number of carbonyl (C=O) groups is 1. The molecule has 0 aromatic rings. The lowest BCUT2D eigenvalue weighted by Gasteiger charge is -2.41. The van der Waals surface area contributed by atoms with E-state index in [4.69, 9.17) is 11.6 Å².